The van der Waals surface area contributed by atoms with Crippen molar-refractivity contribution in [2.75, 3.05) is 44.7 Å². The molecule has 0 radical (unpaired) electrons. The fourth-order valence-electron chi connectivity index (χ4n) is 7.16. The molecule has 3 aromatic rings. The molecule has 2 heterocycles. The lowest BCUT2D eigenvalue weighted by atomic mass is 9.96. The number of halogens is 3. The first-order valence-electron chi connectivity index (χ1n) is 17.5. The van der Waals surface area contributed by atoms with Crippen LogP contribution < -0.4 is 25.4 Å². The SMILES string of the molecule is C=C1CC[C@H](NCc2cc(Cl)c(NC3CCc4c(-c5cccc(OCCCN6CCC(C)(F)CC6)c5Cl)cccc43)cc2OCC)CN1. The third-order valence-electron chi connectivity index (χ3n) is 10.1. The molecule has 2 saturated heterocycles. The van der Waals surface area contributed by atoms with E-state index in [9.17, 15) is 4.39 Å². The number of allylic oxidation sites excluding steroid dienone is 1. The maximum absolute atomic E-state index is 14.1. The van der Waals surface area contributed by atoms with E-state index < -0.39 is 5.67 Å². The maximum Gasteiger partial charge on any atom is 0.138 e. The zero-order valence-electron chi connectivity index (χ0n) is 28.3. The van der Waals surface area contributed by atoms with Gasteiger partial charge < -0.3 is 30.3 Å². The Bertz CT molecular complexity index is 1580. The molecule has 0 bridgehead atoms. The lowest BCUT2D eigenvalue weighted by Gasteiger charge is -2.34. The number of ether oxygens (including phenoxy) is 2. The molecule has 3 N–H and O–H groups in total. The number of rotatable bonds is 13. The summed E-state index contributed by atoms with van der Waals surface area (Å²) >= 11 is 13.9. The molecule has 3 aliphatic rings. The highest BCUT2D eigenvalue weighted by Crippen LogP contribution is 2.44. The van der Waals surface area contributed by atoms with Gasteiger partial charge in [-0.2, -0.15) is 0 Å². The highest BCUT2D eigenvalue weighted by atomic mass is 35.5. The van der Waals surface area contributed by atoms with Gasteiger partial charge >= 0.3 is 0 Å². The Labute approximate surface area is 295 Å². The van der Waals surface area contributed by atoms with Gasteiger partial charge in [-0.3, -0.25) is 0 Å². The van der Waals surface area contributed by atoms with Gasteiger partial charge in [-0.1, -0.05) is 60.1 Å². The second-order valence-electron chi connectivity index (χ2n) is 13.7. The van der Waals surface area contributed by atoms with E-state index in [0.717, 1.165) is 92.1 Å². The summed E-state index contributed by atoms with van der Waals surface area (Å²) in [6, 6.07) is 17.1. The van der Waals surface area contributed by atoms with Crippen LogP contribution in [-0.2, 0) is 13.0 Å². The zero-order chi connectivity index (χ0) is 33.7. The molecule has 9 heteroatoms. The summed E-state index contributed by atoms with van der Waals surface area (Å²) in [5.41, 5.74) is 6.68. The highest BCUT2D eigenvalue weighted by molar-refractivity contribution is 6.35. The summed E-state index contributed by atoms with van der Waals surface area (Å²) in [4.78, 5) is 2.32. The fourth-order valence-corrected chi connectivity index (χ4v) is 7.68. The van der Waals surface area contributed by atoms with Crippen LogP contribution in [0.15, 0.2) is 60.8 Å². The van der Waals surface area contributed by atoms with E-state index in [1.165, 1.54) is 11.1 Å². The summed E-state index contributed by atoms with van der Waals surface area (Å²) in [6.07, 6.45) is 5.99. The molecular formula is C39H49Cl2FN4O2. The number of piperidine rings is 2. The summed E-state index contributed by atoms with van der Waals surface area (Å²) in [7, 11) is 0. The van der Waals surface area contributed by atoms with E-state index in [0.29, 0.717) is 54.4 Å². The number of hydrogen-bond acceptors (Lipinski definition) is 6. The molecule has 0 aromatic heterocycles. The average Bonchev–Trinajstić information content (AvgIpc) is 3.49. The van der Waals surface area contributed by atoms with Gasteiger partial charge in [0, 0.05) is 61.7 Å². The zero-order valence-corrected chi connectivity index (χ0v) is 29.8. The van der Waals surface area contributed by atoms with Crippen molar-refractivity contribution in [3.8, 4) is 22.6 Å². The van der Waals surface area contributed by atoms with Crippen molar-refractivity contribution in [2.45, 2.75) is 83.1 Å². The maximum atomic E-state index is 14.1. The standard InChI is InChI=1S/C39H49Cl2FN4O2/c1-4-47-37-23-35(33(40)22-27(37)24-44-28-13-12-26(2)43-25-28)45-34-15-14-30-29(8-5-9-31(30)34)32-10-6-11-36(38(32)41)48-21-7-18-46-19-16-39(3,42)17-20-46/h5-6,8-11,22-23,28,34,43-45H,2,4,7,12-21,24-25H2,1,3H3/t28-,34?/m0/s1. The van der Waals surface area contributed by atoms with Gasteiger partial charge in [-0.15, -0.1) is 0 Å². The Morgan fingerprint density at radius 2 is 1.81 bits per heavy atom. The molecule has 3 aromatic carbocycles. The summed E-state index contributed by atoms with van der Waals surface area (Å²) in [5, 5.41) is 12.1. The van der Waals surface area contributed by atoms with Crippen molar-refractivity contribution in [3.63, 3.8) is 0 Å². The van der Waals surface area contributed by atoms with Gasteiger partial charge in [0.05, 0.1) is 35.0 Å². The predicted octanol–water partition coefficient (Wildman–Crippen LogP) is 9.11. The Hall–Kier alpha value is -2.97. The lowest BCUT2D eigenvalue weighted by Crippen LogP contribution is -2.41. The van der Waals surface area contributed by atoms with Crippen LogP contribution in [-0.4, -0.2) is 56.0 Å². The predicted molar refractivity (Wildman–Crippen MR) is 196 cm³/mol. The molecule has 6 nitrogen and oxygen atoms in total. The molecule has 2 aliphatic heterocycles. The second-order valence-corrected chi connectivity index (χ2v) is 14.4. The molecule has 2 fully saturated rings. The molecule has 48 heavy (non-hydrogen) atoms. The minimum absolute atomic E-state index is 0.112. The van der Waals surface area contributed by atoms with E-state index in [1.54, 1.807) is 6.92 Å². The minimum Gasteiger partial charge on any atom is -0.493 e. The Morgan fingerprint density at radius 1 is 1.02 bits per heavy atom. The largest absolute Gasteiger partial charge is 0.493 e. The minimum atomic E-state index is -1.03. The monoisotopic (exact) mass is 694 g/mol. The number of alkyl halides is 1. The van der Waals surface area contributed by atoms with Gasteiger partial charge in [0.1, 0.15) is 17.2 Å². The quantitative estimate of drug-likeness (QED) is 0.155. The third kappa shape index (κ3) is 8.42. The topological polar surface area (TPSA) is 57.8 Å². The highest BCUT2D eigenvalue weighted by Gasteiger charge is 2.29. The van der Waals surface area contributed by atoms with Crippen LogP contribution in [0.1, 0.15) is 75.1 Å². The summed E-state index contributed by atoms with van der Waals surface area (Å²) in [5.74, 6) is 1.55. The lowest BCUT2D eigenvalue weighted by molar-refractivity contribution is 0.0715. The van der Waals surface area contributed by atoms with Crippen LogP contribution in [0.5, 0.6) is 11.5 Å². The number of nitrogens with zero attached hydrogens (tertiary/aromatic N) is 1. The second kappa shape index (κ2) is 15.7. The third-order valence-corrected chi connectivity index (χ3v) is 10.8. The van der Waals surface area contributed by atoms with Gasteiger partial charge in [0.2, 0.25) is 0 Å². The van der Waals surface area contributed by atoms with Crippen molar-refractivity contribution in [1.82, 2.24) is 15.5 Å². The molecule has 6 rings (SSSR count). The molecule has 0 spiro atoms. The van der Waals surface area contributed by atoms with E-state index in [4.69, 9.17) is 32.7 Å². The number of hydrogen-bond donors (Lipinski definition) is 3. The van der Waals surface area contributed by atoms with E-state index in [1.807, 2.05) is 31.2 Å². The number of likely N-dealkylation sites (tertiary alicyclic amines) is 1. The normalized spacial score (nSPS) is 20.6. The van der Waals surface area contributed by atoms with Crippen molar-refractivity contribution in [1.29, 1.82) is 0 Å². The molecular weight excluding hydrogens is 646 g/mol. The van der Waals surface area contributed by atoms with E-state index in [-0.39, 0.29) is 6.04 Å². The van der Waals surface area contributed by atoms with Gasteiger partial charge in [0.15, 0.2) is 0 Å². The van der Waals surface area contributed by atoms with Crippen LogP contribution in [0.4, 0.5) is 10.1 Å². The number of nitrogens with one attached hydrogen (secondary N) is 3. The van der Waals surface area contributed by atoms with Gasteiger partial charge in [0.25, 0.3) is 0 Å². The Kier molecular flexibility index (Phi) is 11.4. The first-order valence-corrected chi connectivity index (χ1v) is 18.3. The molecule has 0 amide bonds. The van der Waals surface area contributed by atoms with E-state index >= 15 is 0 Å². The number of fused-ring (bicyclic) bond motifs is 1. The molecule has 1 aliphatic carbocycles. The summed E-state index contributed by atoms with van der Waals surface area (Å²) < 4.78 is 26.4. The van der Waals surface area contributed by atoms with Gasteiger partial charge in [-0.25, -0.2) is 4.39 Å². The molecule has 258 valence electrons. The first kappa shape index (κ1) is 34.9. The van der Waals surface area contributed by atoms with Crippen LogP contribution in [0, 0.1) is 0 Å². The smallest absolute Gasteiger partial charge is 0.138 e. The first-order chi connectivity index (χ1) is 23.2. The molecule has 1 unspecified atom stereocenters. The van der Waals surface area contributed by atoms with Crippen molar-refractivity contribution in [3.05, 3.63) is 87.5 Å². The summed E-state index contributed by atoms with van der Waals surface area (Å²) in [6.45, 7) is 13.0. The molecule has 2 atom stereocenters. The number of benzene rings is 3. The van der Waals surface area contributed by atoms with Crippen LogP contribution >= 0.6 is 23.2 Å². The number of anilines is 1. The Balaban J connectivity index is 1.11. The fraction of sp³-hybridized carbons (Fsp3) is 0.487. The molecule has 0 saturated carbocycles. The Morgan fingerprint density at radius 3 is 2.58 bits per heavy atom. The van der Waals surface area contributed by atoms with E-state index in [2.05, 4.69) is 51.7 Å². The van der Waals surface area contributed by atoms with Crippen molar-refractivity contribution in [2.24, 2.45) is 0 Å². The van der Waals surface area contributed by atoms with Gasteiger partial charge in [-0.05, 0) is 87.6 Å². The van der Waals surface area contributed by atoms with Crippen LogP contribution in [0.25, 0.3) is 11.1 Å². The van der Waals surface area contributed by atoms with Crippen LogP contribution in [0.3, 0.4) is 0 Å². The average molecular weight is 696 g/mol. The van der Waals surface area contributed by atoms with Crippen LogP contribution in [0.2, 0.25) is 10.0 Å². The van der Waals surface area contributed by atoms with Crippen molar-refractivity contribution >= 4 is 28.9 Å². The van der Waals surface area contributed by atoms with Crippen molar-refractivity contribution < 1.29 is 13.9 Å².